The summed E-state index contributed by atoms with van der Waals surface area (Å²) in [7, 11) is 0. The zero-order valence-electron chi connectivity index (χ0n) is 32.0. The highest BCUT2D eigenvalue weighted by atomic mass is 15.1. The van der Waals surface area contributed by atoms with Gasteiger partial charge in [0.1, 0.15) is 0 Å². The van der Waals surface area contributed by atoms with Gasteiger partial charge in [-0.25, -0.2) is 0 Å². The van der Waals surface area contributed by atoms with Gasteiger partial charge in [0.25, 0.3) is 0 Å². The van der Waals surface area contributed by atoms with Crippen LogP contribution in [0.3, 0.4) is 0 Å². The molecule has 0 amide bonds. The van der Waals surface area contributed by atoms with Crippen LogP contribution in [0.1, 0.15) is 36.8 Å². The van der Waals surface area contributed by atoms with Gasteiger partial charge in [-0.15, -0.1) is 0 Å². The monoisotopic (exact) mass is 729 g/mol. The van der Waals surface area contributed by atoms with Crippen molar-refractivity contribution in [1.29, 1.82) is 0 Å². The predicted octanol–water partition coefficient (Wildman–Crippen LogP) is 14.6. The quantitative estimate of drug-likeness (QED) is 0.165. The van der Waals surface area contributed by atoms with Gasteiger partial charge in [0.2, 0.25) is 0 Å². The van der Waals surface area contributed by atoms with Crippen LogP contribution in [0.2, 0.25) is 0 Å². The van der Waals surface area contributed by atoms with Crippen molar-refractivity contribution in [3.8, 4) is 44.5 Å². The van der Waals surface area contributed by atoms with Gasteiger partial charge in [-0.05, 0) is 146 Å². The molecule has 4 saturated carbocycles. The first kappa shape index (κ1) is 32.0. The summed E-state index contributed by atoms with van der Waals surface area (Å²) in [5.74, 6) is 3.55. The van der Waals surface area contributed by atoms with Gasteiger partial charge in [-0.3, -0.25) is 0 Å². The topological polar surface area (TPSA) is 3.24 Å². The van der Waals surface area contributed by atoms with Gasteiger partial charge >= 0.3 is 0 Å². The van der Waals surface area contributed by atoms with Crippen LogP contribution in [0.15, 0.2) is 188 Å². The fourth-order valence-electron chi connectivity index (χ4n) is 13.6. The SMILES string of the molecule is c1ccc(-c2ccc(N(c3ccc(-c4ccccc4)cc3)c3ccc(-c4cccc5c4-c4ccccc4C54C5CC6CC7CC4C75C6)c4ccccc34)cc2)cc1. The lowest BCUT2D eigenvalue weighted by Crippen LogP contribution is -2.73. The minimum atomic E-state index is 0.192. The smallest absolute Gasteiger partial charge is 0.0540 e. The molecule has 0 N–H and O–H groups in total. The Labute approximate surface area is 335 Å². The molecule has 0 radical (unpaired) electrons. The van der Waals surface area contributed by atoms with E-state index in [-0.39, 0.29) is 5.41 Å². The highest BCUT2D eigenvalue weighted by Gasteiger charge is 2.84. The summed E-state index contributed by atoms with van der Waals surface area (Å²) in [6.45, 7) is 0. The van der Waals surface area contributed by atoms with Crippen LogP contribution in [0.5, 0.6) is 0 Å². The Hall–Kier alpha value is -6.18. The third-order valence-corrected chi connectivity index (χ3v) is 15.6. The molecular weight excluding hydrogens is 687 g/mol. The van der Waals surface area contributed by atoms with Crippen molar-refractivity contribution in [3.05, 3.63) is 199 Å². The number of hydrogen-bond donors (Lipinski definition) is 0. The second kappa shape index (κ2) is 11.7. The number of anilines is 3. The van der Waals surface area contributed by atoms with E-state index in [1.165, 1.54) is 86.7 Å². The number of rotatable bonds is 6. The minimum absolute atomic E-state index is 0.192. The summed E-state index contributed by atoms with van der Waals surface area (Å²) < 4.78 is 0. The fourth-order valence-corrected chi connectivity index (χ4v) is 13.6. The van der Waals surface area contributed by atoms with E-state index < -0.39 is 0 Å². The number of hydrogen-bond acceptors (Lipinski definition) is 1. The standard InChI is InChI=1S/C56H43N/c1-3-12-37(13-4-1)39-22-26-42(27-23-39)57(43-28-24-40(25-29-43)38-14-5-2-6-15-38)51-31-30-45(44-16-7-8-17-46(44)51)47-19-11-21-50-54(47)48-18-9-10-20-49(48)56(50)52-33-36-32-41-34-53(56)55(41,52)35-36/h1-31,36,41,52-53H,32-35H2. The van der Waals surface area contributed by atoms with Crippen LogP contribution in [0, 0.1) is 29.1 Å². The van der Waals surface area contributed by atoms with Crippen LogP contribution in [-0.2, 0) is 5.41 Å². The van der Waals surface area contributed by atoms with Gasteiger partial charge in [-0.2, -0.15) is 0 Å². The van der Waals surface area contributed by atoms with Gasteiger partial charge in [0.15, 0.2) is 0 Å². The summed E-state index contributed by atoms with van der Waals surface area (Å²) in [4.78, 5) is 2.45. The highest BCUT2D eigenvalue weighted by Crippen LogP contribution is 2.89. The zero-order valence-corrected chi connectivity index (χ0v) is 32.0. The molecule has 5 aliphatic carbocycles. The average molecular weight is 730 g/mol. The van der Waals surface area contributed by atoms with Gasteiger partial charge in [0.05, 0.1) is 5.69 Å². The molecule has 6 unspecified atom stereocenters. The molecule has 4 fully saturated rings. The molecule has 1 nitrogen and oxygen atoms in total. The van der Waals surface area contributed by atoms with Crippen molar-refractivity contribution < 1.29 is 0 Å². The van der Waals surface area contributed by atoms with Crippen LogP contribution in [0.25, 0.3) is 55.3 Å². The Morgan fingerprint density at radius 2 is 0.965 bits per heavy atom. The van der Waals surface area contributed by atoms with Crippen molar-refractivity contribution in [1.82, 2.24) is 0 Å². The normalized spacial score (nSPS) is 25.4. The Balaban J connectivity index is 0.975. The maximum Gasteiger partial charge on any atom is 0.0540 e. The van der Waals surface area contributed by atoms with Crippen LogP contribution < -0.4 is 4.90 Å². The summed E-state index contributed by atoms with van der Waals surface area (Å²) >= 11 is 0. The Bertz CT molecular complexity index is 2790. The lowest BCUT2D eigenvalue weighted by atomic mass is 9.27. The first-order valence-corrected chi connectivity index (χ1v) is 21.1. The van der Waals surface area contributed by atoms with Crippen molar-refractivity contribution in [3.63, 3.8) is 0 Å². The van der Waals surface area contributed by atoms with Crippen molar-refractivity contribution in [2.45, 2.75) is 31.1 Å². The van der Waals surface area contributed by atoms with Crippen molar-refractivity contribution >= 4 is 27.8 Å². The summed E-state index contributed by atoms with van der Waals surface area (Å²) in [6.07, 6.45) is 5.86. The molecule has 8 aromatic rings. The molecule has 0 heterocycles. The second-order valence-corrected chi connectivity index (χ2v) is 17.7. The number of benzene rings is 8. The Morgan fingerprint density at radius 1 is 0.404 bits per heavy atom. The third kappa shape index (κ3) is 4.14. The molecule has 272 valence electrons. The largest absolute Gasteiger partial charge is 0.310 e. The lowest BCUT2D eigenvalue weighted by Gasteiger charge is -2.76. The molecule has 0 aliphatic heterocycles. The maximum atomic E-state index is 2.53. The number of nitrogens with zero attached hydrogens (tertiary/aromatic N) is 1. The molecule has 13 rings (SSSR count). The predicted molar refractivity (Wildman–Crippen MR) is 236 cm³/mol. The molecule has 2 bridgehead atoms. The molecule has 0 saturated heterocycles. The molecule has 6 atom stereocenters. The Morgan fingerprint density at radius 3 is 1.65 bits per heavy atom. The average Bonchev–Trinajstić information content (AvgIpc) is 3.92. The first-order valence-electron chi connectivity index (χ1n) is 21.1. The second-order valence-electron chi connectivity index (χ2n) is 17.7. The van der Waals surface area contributed by atoms with Crippen molar-refractivity contribution in [2.24, 2.45) is 29.1 Å². The van der Waals surface area contributed by atoms with Gasteiger partial charge < -0.3 is 4.90 Å². The molecule has 5 aliphatic rings. The van der Waals surface area contributed by atoms with Crippen LogP contribution >= 0.6 is 0 Å². The molecular formula is C56H43N. The van der Waals surface area contributed by atoms with E-state index in [1.54, 1.807) is 11.1 Å². The molecule has 0 aromatic heterocycles. The zero-order chi connectivity index (χ0) is 37.3. The third-order valence-electron chi connectivity index (χ3n) is 15.6. The van der Waals surface area contributed by atoms with Crippen molar-refractivity contribution in [2.75, 3.05) is 4.90 Å². The molecule has 2 spiro atoms. The number of fused-ring (bicyclic) bond motifs is 9. The van der Waals surface area contributed by atoms with E-state index in [0.29, 0.717) is 5.41 Å². The molecule has 1 heteroatoms. The van der Waals surface area contributed by atoms with E-state index in [2.05, 4.69) is 193 Å². The molecule has 57 heavy (non-hydrogen) atoms. The minimum Gasteiger partial charge on any atom is -0.310 e. The van der Waals surface area contributed by atoms with Gasteiger partial charge in [0, 0.05) is 22.2 Å². The van der Waals surface area contributed by atoms with E-state index in [9.17, 15) is 0 Å². The van der Waals surface area contributed by atoms with E-state index >= 15 is 0 Å². The van der Waals surface area contributed by atoms with Gasteiger partial charge in [-0.1, -0.05) is 158 Å². The summed E-state index contributed by atoms with van der Waals surface area (Å²) in [5.41, 5.74) is 18.1. The fraction of sp³-hybridized carbons (Fsp3) is 0.179. The lowest BCUT2D eigenvalue weighted by molar-refractivity contribution is -0.231. The summed E-state index contributed by atoms with van der Waals surface area (Å²) in [6, 6.07) is 70.3. The van der Waals surface area contributed by atoms with Crippen LogP contribution in [-0.4, -0.2) is 0 Å². The summed E-state index contributed by atoms with van der Waals surface area (Å²) in [5, 5.41) is 2.55. The van der Waals surface area contributed by atoms with E-state index in [4.69, 9.17) is 0 Å². The van der Waals surface area contributed by atoms with E-state index in [0.717, 1.165) is 35.0 Å². The Kier molecular flexibility index (Phi) is 6.55. The maximum absolute atomic E-state index is 2.53. The highest BCUT2D eigenvalue weighted by molar-refractivity contribution is 6.09. The van der Waals surface area contributed by atoms with Crippen LogP contribution in [0.4, 0.5) is 17.1 Å². The first-order chi connectivity index (χ1) is 28.2. The molecule has 8 aromatic carbocycles. The van der Waals surface area contributed by atoms with E-state index in [1.807, 2.05) is 0 Å².